The van der Waals surface area contributed by atoms with Crippen LogP contribution >= 0.6 is 0 Å². The van der Waals surface area contributed by atoms with Crippen LogP contribution in [0.1, 0.15) is 5.56 Å². The fourth-order valence-electron chi connectivity index (χ4n) is 3.13. The lowest BCUT2D eigenvalue weighted by molar-refractivity contribution is 0.354. The average molecular weight is 423 g/mol. The lowest BCUT2D eigenvalue weighted by Crippen LogP contribution is -2.13. The molecule has 0 spiro atoms. The van der Waals surface area contributed by atoms with Crippen molar-refractivity contribution in [1.82, 2.24) is 9.38 Å². The van der Waals surface area contributed by atoms with Crippen molar-refractivity contribution in [3.63, 3.8) is 0 Å². The topological polar surface area (TPSA) is 81.9 Å². The maximum absolute atomic E-state index is 12.8. The summed E-state index contributed by atoms with van der Waals surface area (Å²) in [6, 6.07) is 15.6. The van der Waals surface area contributed by atoms with Crippen LogP contribution in [0.3, 0.4) is 0 Å². The number of nitrogens with zero attached hydrogens (tertiary/aromatic N) is 2. The van der Waals surface area contributed by atoms with Gasteiger partial charge in [-0.1, -0.05) is 12.1 Å². The maximum atomic E-state index is 12.8. The summed E-state index contributed by atoms with van der Waals surface area (Å²) in [5.74, 6) is 0.807. The lowest BCUT2D eigenvalue weighted by Gasteiger charge is -2.12. The Morgan fingerprint density at radius 2 is 1.67 bits per heavy atom. The summed E-state index contributed by atoms with van der Waals surface area (Å²) >= 11 is 0. The van der Waals surface area contributed by atoms with Gasteiger partial charge in [-0.05, 0) is 48.9 Å². The number of nitrogens with one attached hydrogen (secondary N) is 1. The van der Waals surface area contributed by atoms with E-state index < -0.39 is 10.0 Å². The number of hydrogen-bond donors (Lipinski definition) is 1. The zero-order chi connectivity index (χ0) is 21.3. The Bertz CT molecular complexity index is 1310. The van der Waals surface area contributed by atoms with Crippen LogP contribution in [0.2, 0.25) is 0 Å². The number of rotatable bonds is 6. The Morgan fingerprint density at radius 1 is 0.933 bits per heavy atom. The van der Waals surface area contributed by atoms with Crippen molar-refractivity contribution in [3.05, 3.63) is 72.6 Å². The number of fused-ring (bicyclic) bond motifs is 1. The zero-order valence-corrected chi connectivity index (χ0v) is 17.6. The average Bonchev–Trinajstić information content (AvgIpc) is 3.16. The van der Waals surface area contributed by atoms with Gasteiger partial charge in [0.2, 0.25) is 0 Å². The highest BCUT2D eigenvalue weighted by Gasteiger charge is 2.17. The fraction of sp³-hybridized carbons (Fsp3) is 0.136. The molecule has 0 atom stereocenters. The van der Waals surface area contributed by atoms with E-state index in [1.807, 2.05) is 48.0 Å². The number of imidazole rings is 1. The minimum atomic E-state index is -3.78. The van der Waals surface area contributed by atoms with Crippen molar-refractivity contribution in [2.45, 2.75) is 11.8 Å². The molecule has 2 aromatic carbocycles. The van der Waals surface area contributed by atoms with Gasteiger partial charge < -0.3 is 13.9 Å². The highest BCUT2D eigenvalue weighted by atomic mass is 32.2. The Kier molecular flexibility index (Phi) is 5.09. The van der Waals surface area contributed by atoms with E-state index in [1.54, 1.807) is 18.2 Å². The molecule has 4 rings (SSSR count). The van der Waals surface area contributed by atoms with Crippen molar-refractivity contribution < 1.29 is 17.9 Å². The third-order valence-corrected chi connectivity index (χ3v) is 6.09. The molecule has 0 amide bonds. The van der Waals surface area contributed by atoms with E-state index in [9.17, 15) is 8.42 Å². The van der Waals surface area contributed by atoms with Gasteiger partial charge in [-0.2, -0.15) is 0 Å². The summed E-state index contributed by atoms with van der Waals surface area (Å²) in [5.41, 5.74) is 4.16. The number of ether oxygens (including phenoxy) is 2. The molecule has 0 aliphatic carbocycles. The maximum Gasteiger partial charge on any atom is 0.262 e. The molecule has 0 aliphatic heterocycles. The third kappa shape index (κ3) is 3.81. The smallest absolute Gasteiger partial charge is 0.262 e. The highest BCUT2D eigenvalue weighted by Crippen LogP contribution is 2.30. The molecule has 0 bridgehead atoms. The van der Waals surface area contributed by atoms with Gasteiger partial charge >= 0.3 is 0 Å². The molecule has 1 N–H and O–H groups in total. The molecule has 0 unspecified atom stereocenters. The molecule has 0 aliphatic rings. The standard InChI is InChI=1S/C22H21N3O4S/c1-15-10-11-25-14-19(23-22(25)12-15)16-4-6-17(7-5-16)24-30(26,27)18-8-9-20(28-2)21(13-18)29-3/h4-14,24H,1-3H3. The number of aryl methyl sites for hydroxylation is 1. The van der Waals surface area contributed by atoms with E-state index >= 15 is 0 Å². The molecule has 0 radical (unpaired) electrons. The van der Waals surface area contributed by atoms with Crippen LogP contribution in [0, 0.1) is 6.92 Å². The first-order chi connectivity index (χ1) is 14.4. The highest BCUT2D eigenvalue weighted by molar-refractivity contribution is 7.92. The first kappa shape index (κ1) is 19.8. The van der Waals surface area contributed by atoms with Crippen LogP contribution in [0.25, 0.3) is 16.9 Å². The Labute approximate surface area is 175 Å². The number of sulfonamides is 1. The second-order valence-corrected chi connectivity index (χ2v) is 8.48. The molecule has 154 valence electrons. The molecule has 8 heteroatoms. The summed E-state index contributed by atoms with van der Waals surface area (Å²) in [5, 5.41) is 0. The molecular weight excluding hydrogens is 402 g/mol. The van der Waals surface area contributed by atoms with Gasteiger partial charge in [0.1, 0.15) is 5.65 Å². The van der Waals surface area contributed by atoms with Crippen molar-refractivity contribution in [2.75, 3.05) is 18.9 Å². The number of hydrogen-bond acceptors (Lipinski definition) is 5. The number of methoxy groups -OCH3 is 2. The van der Waals surface area contributed by atoms with E-state index in [0.29, 0.717) is 17.2 Å². The summed E-state index contributed by atoms with van der Waals surface area (Å²) in [6.07, 6.45) is 3.91. The zero-order valence-electron chi connectivity index (χ0n) is 16.8. The second-order valence-electron chi connectivity index (χ2n) is 6.80. The number of aromatic nitrogens is 2. The Morgan fingerprint density at radius 3 is 2.37 bits per heavy atom. The fourth-order valence-corrected chi connectivity index (χ4v) is 4.20. The van der Waals surface area contributed by atoms with Gasteiger partial charge in [0.15, 0.2) is 11.5 Å². The van der Waals surface area contributed by atoms with Gasteiger partial charge in [-0.15, -0.1) is 0 Å². The molecule has 0 fully saturated rings. The van der Waals surface area contributed by atoms with Crippen molar-refractivity contribution in [1.29, 1.82) is 0 Å². The quantitative estimate of drug-likeness (QED) is 0.504. The van der Waals surface area contributed by atoms with Gasteiger partial charge in [0.05, 0.1) is 24.8 Å². The van der Waals surface area contributed by atoms with E-state index in [0.717, 1.165) is 22.5 Å². The second kappa shape index (κ2) is 7.72. The van der Waals surface area contributed by atoms with Crippen LogP contribution in [0.15, 0.2) is 71.9 Å². The predicted octanol–water partition coefficient (Wildman–Crippen LogP) is 4.13. The minimum Gasteiger partial charge on any atom is -0.493 e. The number of pyridine rings is 1. The molecule has 0 saturated heterocycles. The molecule has 7 nitrogen and oxygen atoms in total. The van der Waals surface area contributed by atoms with Crippen LogP contribution in [0.4, 0.5) is 5.69 Å². The molecule has 4 aromatic rings. The number of anilines is 1. The van der Waals surface area contributed by atoms with Gasteiger partial charge in [0, 0.05) is 29.7 Å². The summed E-state index contributed by atoms with van der Waals surface area (Å²) in [6.45, 7) is 2.02. The van der Waals surface area contributed by atoms with Crippen molar-refractivity contribution in [2.24, 2.45) is 0 Å². The summed E-state index contributed by atoms with van der Waals surface area (Å²) in [7, 11) is -0.823. The Hall–Kier alpha value is -3.52. The third-order valence-electron chi connectivity index (χ3n) is 4.71. The normalized spacial score (nSPS) is 11.4. The van der Waals surface area contributed by atoms with E-state index in [4.69, 9.17) is 9.47 Å². The first-order valence-corrected chi connectivity index (χ1v) is 10.7. The largest absolute Gasteiger partial charge is 0.493 e. The van der Waals surface area contributed by atoms with E-state index in [-0.39, 0.29) is 4.90 Å². The molecule has 2 heterocycles. The molecule has 0 saturated carbocycles. The predicted molar refractivity (Wildman–Crippen MR) is 116 cm³/mol. The van der Waals surface area contributed by atoms with Crippen LogP contribution in [-0.4, -0.2) is 32.0 Å². The van der Waals surface area contributed by atoms with Gasteiger partial charge in [0.25, 0.3) is 10.0 Å². The van der Waals surface area contributed by atoms with E-state index in [2.05, 4.69) is 9.71 Å². The molecule has 30 heavy (non-hydrogen) atoms. The van der Waals surface area contributed by atoms with Crippen LogP contribution in [-0.2, 0) is 10.0 Å². The number of benzene rings is 2. The summed E-state index contributed by atoms with van der Waals surface area (Å²) < 4.78 is 40.4. The SMILES string of the molecule is COc1ccc(S(=O)(=O)Nc2ccc(-c3cn4ccc(C)cc4n3)cc2)cc1OC. The van der Waals surface area contributed by atoms with E-state index in [1.165, 1.54) is 26.4 Å². The van der Waals surface area contributed by atoms with Crippen molar-refractivity contribution >= 4 is 21.4 Å². The summed E-state index contributed by atoms with van der Waals surface area (Å²) in [4.78, 5) is 4.71. The van der Waals surface area contributed by atoms with Crippen LogP contribution in [0.5, 0.6) is 11.5 Å². The minimum absolute atomic E-state index is 0.0833. The van der Waals surface area contributed by atoms with Crippen molar-refractivity contribution in [3.8, 4) is 22.8 Å². The molecule has 2 aromatic heterocycles. The van der Waals surface area contributed by atoms with Gasteiger partial charge in [-0.3, -0.25) is 4.72 Å². The Balaban J connectivity index is 1.58. The molecular formula is C22H21N3O4S. The first-order valence-electron chi connectivity index (χ1n) is 9.20. The van der Waals surface area contributed by atoms with Gasteiger partial charge in [-0.25, -0.2) is 13.4 Å². The van der Waals surface area contributed by atoms with Crippen LogP contribution < -0.4 is 14.2 Å². The lowest BCUT2D eigenvalue weighted by atomic mass is 10.1. The monoisotopic (exact) mass is 423 g/mol.